The lowest BCUT2D eigenvalue weighted by Gasteiger charge is -2.39. The van der Waals surface area contributed by atoms with Gasteiger partial charge in [-0.1, -0.05) is 82.3 Å². The topological polar surface area (TPSA) is 99.4 Å². The summed E-state index contributed by atoms with van der Waals surface area (Å²) in [5.74, 6) is 0.436. The molecular formula is C24H34O6. The summed E-state index contributed by atoms with van der Waals surface area (Å²) < 4.78 is 10.9. The molecule has 1 heterocycles. The van der Waals surface area contributed by atoms with Crippen molar-refractivity contribution >= 4 is 12.2 Å². The lowest BCUT2D eigenvalue weighted by atomic mass is 9.99. The highest BCUT2D eigenvalue weighted by Gasteiger charge is 2.44. The third-order valence-electron chi connectivity index (χ3n) is 4.25. The normalized spacial score (nSPS) is 25.5. The Kier molecular flexibility index (Phi) is 12.0. The van der Waals surface area contributed by atoms with Gasteiger partial charge in [0.05, 0.1) is 6.61 Å². The van der Waals surface area contributed by atoms with Gasteiger partial charge in [0.1, 0.15) is 30.2 Å². The zero-order chi connectivity index (χ0) is 22.5. The first-order valence-corrected chi connectivity index (χ1v) is 10.4. The third-order valence-corrected chi connectivity index (χ3v) is 4.25. The lowest BCUT2D eigenvalue weighted by molar-refractivity contribution is -0.277. The van der Waals surface area contributed by atoms with E-state index in [4.69, 9.17) is 9.47 Å². The van der Waals surface area contributed by atoms with E-state index in [0.717, 1.165) is 11.1 Å². The van der Waals surface area contributed by atoms with Crippen molar-refractivity contribution in [3.63, 3.8) is 0 Å². The number of benzene rings is 2. The van der Waals surface area contributed by atoms with Crippen LogP contribution in [0.5, 0.6) is 5.75 Å². The highest BCUT2D eigenvalue weighted by Crippen LogP contribution is 2.24. The van der Waals surface area contributed by atoms with E-state index in [-0.39, 0.29) is 0 Å². The Hall–Kier alpha value is -2.22. The standard InChI is InChI=1S/C20H22O6.2C2H6/c21-12-16-17(22)18(23)19(24)20(26-16)25-15-10-8-14(9-11-15)7-6-13-4-2-1-3-5-13;2*1-2/h1-11,16-24H,12H2;2*1-2H3/b7-6+;;/t16?,17-,18+,19?,20-;;/m1../s1. The van der Waals surface area contributed by atoms with Crippen molar-refractivity contribution in [2.24, 2.45) is 0 Å². The molecule has 0 spiro atoms. The van der Waals surface area contributed by atoms with Gasteiger partial charge >= 0.3 is 0 Å². The van der Waals surface area contributed by atoms with Crippen molar-refractivity contribution in [2.45, 2.75) is 58.4 Å². The second-order valence-corrected chi connectivity index (χ2v) is 6.13. The fourth-order valence-electron chi connectivity index (χ4n) is 2.71. The van der Waals surface area contributed by atoms with E-state index in [1.807, 2.05) is 82.3 Å². The number of aliphatic hydroxyl groups is 4. The predicted octanol–water partition coefficient (Wildman–Crippen LogP) is 3.09. The van der Waals surface area contributed by atoms with Crippen LogP contribution >= 0.6 is 0 Å². The van der Waals surface area contributed by atoms with Gasteiger partial charge in [-0.2, -0.15) is 0 Å². The Morgan fingerprint density at radius 3 is 1.83 bits per heavy atom. The first kappa shape index (κ1) is 25.8. The van der Waals surface area contributed by atoms with Crippen LogP contribution in [0.25, 0.3) is 12.2 Å². The molecule has 0 aromatic heterocycles. The quantitative estimate of drug-likeness (QED) is 0.557. The van der Waals surface area contributed by atoms with Gasteiger partial charge in [0.2, 0.25) is 6.29 Å². The summed E-state index contributed by atoms with van der Waals surface area (Å²) in [6.45, 7) is 7.51. The van der Waals surface area contributed by atoms with Crippen molar-refractivity contribution < 1.29 is 29.9 Å². The Morgan fingerprint density at radius 2 is 1.30 bits per heavy atom. The minimum absolute atomic E-state index is 0.436. The van der Waals surface area contributed by atoms with E-state index >= 15 is 0 Å². The van der Waals surface area contributed by atoms with E-state index in [1.54, 1.807) is 12.1 Å². The maximum absolute atomic E-state index is 9.99. The van der Waals surface area contributed by atoms with Crippen LogP contribution in [0.4, 0.5) is 0 Å². The number of rotatable bonds is 5. The highest BCUT2D eigenvalue weighted by molar-refractivity contribution is 5.69. The van der Waals surface area contributed by atoms with Crippen molar-refractivity contribution in [2.75, 3.05) is 6.61 Å². The molecule has 0 saturated carbocycles. The fraction of sp³-hybridized carbons (Fsp3) is 0.417. The number of ether oxygens (including phenoxy) is 2. The molecule has 0 amide bonds. The molecule has 6 nitrogen and oxygen atoms in total. The van der Waals surface area contributed by atoms with Crippen LogP contribution in [-0.2, 0) is 4.74 Å². The third kappa shape index (κ3) is 7.23. The summed E-state index contributed by atoms with van der Waals surface area (Å²) in [4.78, 5) is 0. The predicted molar refractivity (Wildman–Crippen MR) is 119 cm³/mol. The molecule has 30 heavy (non-hydrogen) atoms. The molecule has 2 aromatic carbocycles. The van der Waals surface area contributed by atoms with Gasteiger partial charge in [0, 0.05) is 0 Å². The Morgan fingerprint density at radius 1 is 0.767 bits per heavy atom. The molecule has 1 aliphatic heterocycles. The second kappa shape index (κ2) is 13.9. The first-order chi connectivity index (χ1) is 14.6. The van der Waals surface area contributed by atoms with Gasteiger partial charge in [-0.25, -0.2) is 0 Å². The molecule has 2 unspecified atom stereocenters. The fourth-order valence-corrected chi connectivity index (χ4v) is 2.71. The molecule has 1 saturated heterocycles. The smallest absolute Gasteiger partial charge is 0.229 e. The first-order valence-electron chi connectivity index (χ1n) is 10.4. The van der Waals surface area contributed by atoms with E-state index in [1.165, 1.54) is 0 Å². The zero-order valence-electron chi connectivity index (χ0n) is 18.1. The molecule has 1 fully saturated rings. The summed E-state index contributed by atoms with van der Waals surface area (Å²) >= 11 is 0. The van der Waals surface area contributed by atoms with E-state index in [2.05, 4.69) is 0 Å². The van der Waals surface area contributed by atoms with Gasteiger partial charge in [0.25, 0.3) is 0 Å². The Labute approximate surface area is 179 Å². The molecule has 6 heteroatoms. The minimum atomic E-state index is -1.46. The average molecular weight is 419 g/mol. The van der Waals surface area contributed by atoms with Crippen molar-refractivity contribution in [1.82, 2.24) is 0 Å². The Bertz CT molecular complexity index is 714. The summed E-state index contributed by atoms with van der Waals surface area (Å²) in [7, 11) is 0. The maximum atomic E-state index is 9.99. The molecule has 5 atom stereocenters. The van der Waals surface area contributed by atoms with Gasteiger partial charge < -0.3 is 29.9 Å². The molecular weight excluding hydrogens is 384 g/mol. The number of aliphatic hydroxyl groups excluding tert-OH is 4. The van der Waals surface area contributed by atoms with E-state index < -0.39 is 37.3 Å². The molecule has 0 radical (unpaired) electrons. The zero-order valence-corrected chi connectivity index (χ0v) is 18.1. The van der Waals surface area contributed by atoms with E-state index in [9.17, 15) is 20.4 Å². The number of hydrogen-bond acceptors (Lipinski definition) is 6. The molecule has 3 rings (SSSR count). The minimum Gasteiger partial charge on any atom is -0.462 e. The van der Waals surface area contributed by atoms with Crippen molar-refractivity contribution in [1.29, 1.82) is 0 Å². The highest BCUT2D eigenvalue weighted by atomic mass is 16.7. The summed E-state index contributed by atoms with van der Waals surface area (Å²) in [5.41, 5.74) is 2.06. The lowest BCUT2D eigenvalue weighted by Crippen LogP contribution is -2.60. The van der Waals surface area contributed by atoms with Crippen LogP contribution in [0.1, 0.15) is 38.8 Å². The summed E-state index contributed by atoms with van der Waals surface area (Å²) in [5, 5.41) is 38.8. The number of hydrogen-bond donors (Lipinski definition) is 4. The van der Waals surface area contributed by atoms with Crippen LogP contribution in [0.15, 0.2) is 54.6 Å². The Balaban J connectivity index is 0.00000106. The molecule has 2 aromatic rings. The van der Waals surface area contributed by atoms with Gasteiger partial charge in [-0.05, 0) is 23.3 Å². The monoisotopic (exact) mass is 418 g/mol. The van der Waals surface area contributed by atoms with Gasteiger partial charge in [-0.15, -0.1) is 0 Å². The van der Waals surface area contributed by atoms with Crippen LogP contribution in [0.3, 0.4) is 0 Å². The molecule has 166 valence electrons. The average Bonchev–Trinajstić information content (AvgIpc) is 2.82. The van der Waals surface area contributed by atoms with Crippen molar-refractivity contribution in [3.05, 3.63) is 65.7 Å². The van der Waals surface area contributed by atoms with Crippen LogP contribution < -0.4 is 4.74 Å². The second-order valence-electron chi connectivity index (χ2n) is 6.13. The summed E-state index contributed by atoms with van der Waals surface area (Å²) in [6.07, 6.45) is -2.51. The summed E-state index contributed by atoms with van der Waals surface area (Å²) in [6, 6.07) is 17.0. The van der Waals surface area contributed by atoms with Crippen LogP contribution in [0.2, 0.25) is 0 Å². The van der Waals surface area contributed by atoms with E-state index in [0.29, 0.717) is 5.75 Å². The van der Waals surface area contributed by atoms with Crippen molar-refractivity contribution in [3.8, 4) is 5.75 Å². The molecule has 1 aliphatic rings. The maximum Gasteiger partial charge on any atom is 0.229 e. The van der Waals surface area contributed by atoms with Gasteiger partial charge in [0.15, 0.2) is 0 Å². The SMILES string of the molecule is CC.CC.OCC1O[C@@H](Oc2ccc(/C=C/c3ccccc3)cc2)C(O)[C@@H](O)[C@@H]1O. The molecule has 0 bridgehead atoms. The van der Waals surface area contributed by atoms with Gasteiger partial charge in [-0.3, -0.25) is 0 Å². The van der Waals surface area contributed by atoms with Crippen LogP contribution in [-0.4, -0.2) is 57.7 Å². The largest absolute Gasteiger partial charge is 0.462 e. The van der Waals surface area contributed by atoms with Crippen LogP contribution in [0, 0.1) is 0 Å². The molecule has 0 aliphatic carbocycles. The molecule has 4 N–H and O–H groups in total.